The van der Waals surface area contributed by atoms with Gasteiger partial charge in [0.2, 0.25) is 0 Å². The Balaban J connectivity index is 0.846. The number of hydrogen-bond acceptors (Lipinski definition) is 2. The number of benzene rings is 9. The van der Waals surface area contributed by atoms with Crippen LogP contribution >= 0.6 is 0 Å². The highest BCUT2D eigenvalue weighted by Crippen LogP contribution is 2.52. The topological polar surface area (TPSA) is 6.48 Å². The Kier molecular flexibility index (Phi) is 9.33. The third-order valence-corrected chi connectivity index (χ3v) is 14.4. The standard InChI is InChI=1S/C62H52N2/c1-61(2)56-21-12-10-20-52(56)55-36-33-50(40-59(55)61)64(6)60-22-13-11-19-51(60)47-18-14-17-44(37-47)46-28-35-54-53-34-27-45(38-57(53)62(3,4)58(54)39-46)43-25-31-49(32-26-43)63(5)48-29-23-42(24-30-48)41-15-8-7-9-16-41/h7-40H,1-6H3. The normalized spacial score (nSPS) is 13.7. The van der Waals surface area contributed by atoms with Crippen LogP contribution in [0, 0.1) is 0 Å². The fraction of sp³-hybridized carbons (Fsp3) is 0.129. The summed E-state index contributed by atoms with van der Waals surface area (Å²) >= 11 is 0. The van der Waals surface area contributed by atoms with Gasteiger partial charge in [-0.1, -0.05) is 173 Å². The lowest BCUT2D eigenvalue weighted by Gasteiger charge is -2.26. The van der Waals surface area contributed by atoms with E-state index < -0.39 is 0 Å². The van der Waals surface area contributed by atoms with Gasteiger partial charge in [0.15, 0.2) is 0 Å². The highest BCUT2D eigenvalue weighted by atomic mass is 15.1. The third-order valence-electron chi connectivity index (χ3n) is 14.4. The third kappa shape index (κ3) is 6.47. The summed E-state index contributed by atoms with van der Waals surface area (Å²) in [4.78, 5) is 4.60. The second kappa shape index (κ2) is 15.1. The summed E-state index contributed by atoms with van der Waals surface area (Å²) in [6.07, 6.45) is 0. The Morgan fingerprint density at radius 1 is 0.266 bits per heavy atom. The van der Waals surface area contributed by atoms with E-state index in [1.54, 1.807) is 0 Å². The van der Waals surface area contributed by atoms with Crippen LogP contribution in [0.3, 0.4) is 0 Å². The van der Waals surface area contributed by atoms with E-state index >= 15 is 0 Å². The second-order valence-corrected chi connectivity index (χ2v) is 18.7. The first-order chi connectivity index (χ1) is 31.1. The molecule has 9 aromatic carbocycles. The summed E-state index contributed by atoms with van der Waals surface area (Å²) in [6, 6.07) is 76.2. The molecule has 0 saturated carbocycles. The fourth-order valence-electron chi connectivity index (χ4n) is 10.5. The van der Waals surface area contributed by atoms with Crippen molar-refractivity contribution in [3.63, 3.8) is 0 Å². The molecular formula is C62H52N2. The van der Waals surface area contributed by atoms with Crippen molar-refractivity contribution in [3.05, 3.63) is 229 Å². The molecule has 0 aromatic heterocycles. The molecule has 0 heterocycles. The van der Waals surface area contributed by atoms with Crippen LogP contribution in [0.15, 0.2) is 206 Å². The predicted octanol–water partition coefficient (Wildman–Crippen LogP) is 16.5. The summed E-state index contributed by atoms with van der Waals surface area (Å²) in [6.45, 7) is 9.47. The minimum atomic E-state index is -0.151. The predicted molar refractivity (Wildman–Crippen MR) is 272 cm³/mol. The van der Waals surface area contributed by atoms with E-state index in [0.29, 0.717) is 0 Å². The molecule has 9 aromatic rings. The molecule has 64 heavy (non-hydrogen) atoms. The lowest BCUT2D eigenvalue weighted by molar-refractivity contribution is 0.660. The summed E-state index contributed by atoms with van der Waals surface area (Å²) in [5.41, 5.74) is 25.2. The van der Waals surface area contributed by atoms with Crippen LogP contribution in [-0.4, -0.2) is 14.1 Å². The molecule has 2 heteroatoms. The van der Waals surface area contributed by atoms with Gasteiger partial charge in [-0.2, -0.15) is 0 Å². The largest absolute Gasteiger partial charge is 0.345 e. The summed E-state index contributed by atoms with van der Waals surface area (Å²) in [7, 11) is 4.34. The summed E-state index contributed by atoms with van der Waals surface area (Å²) in [5, 5.41) is 0. The van der Waals surface area contributed by atoms with Crippen LogP contribution in [-0.2, 0) is 10.8 Å². The van der Waals surface area contributed by atoms with Gasteiger partial charge in [-0.15, -0.1) is 0 Å². The molecule has 2 aliphatic rings. The van der Waals surface area contributed by atoms with E-state index in [0.717, 1.165) is 11.4 Å². The summed E-state index contributed by atoms with van der Waals surface area (Å²) < 4.78 is 0. The number of anilines is 4. The van der Waals surface area contributed by atoms with E-state index in [2.05, 4.69) is 258 Å². The van der Waals surface area contributed by atoms with E-state index in [9.17, 15) is 0 Å². The fourth-order valence-corrected chi connectivity index (χ4v) is 10.5. The van der Waals surface area contributed by atoms with E-state index in [-0.39, 0.29) is 10.8 Å². The Morgan fingerprint density at radius 2 is 0.672 bits per heavy atom. The monoisotopic (exact) mass is 824 g/mol. The molecule has 0 atom stereocenters. The van der Waals surface area contributed by atoms with Gasteiger partial charge >= 0.3 is 0 Å². The zero-order chi connectivity index (χ0) is 43.7. The molecule has 0 N–H and O–H groups in total. The first kappa shape index (κ1) is 39.4. The minimum absolute atomic E-state index is 0.0488. The van der Waals surface area contributed by atoms with Crippen molar-refractivity contribution < 1.29 is 0 Å². The van der Waals surface area contributed by atoms with Crippen LogP contribution < -0.4 is 9.80 Å². The first-order valence-electron chi connectivity index (χ1n) is 22.5. The van der Waals surface area contributed by atoms with Crippen LogP contribution in [0.1, 0.15) is 49.9 Å². The minimum Gasteiger partial charge on any atom is -0.345 e. The highest BCUT2D eigenvalue weighted by molar-refractivity contribution is 5.89. The second-order valence-electron chi connectivity index (χ2n) is 18.7. The molecule has 0 unspecified atom stereocenters. The number of nitrogens with zero attached hydrogens (tertiary/aromatic N) is 2. The molecule has 0 saturated heterocycles. The van der Waals surface area contributed by atoms with Crippen molar-refractivity contribution in [1.82, 2.24) is 0 Å². The lowest BCUT2D eigenvalue weighted by atomic mass is 9.80. The van der Waals surface area contributed by atoms with Gasteiger partial charge in [-0.05, 0) is 144 Å². The maximum atomic E-state index is 2.44. The van der Waals surface area contributed by atoms with Crippen molar-refractivity contribution >= 4 is 22.7 Å². The molecule has 11 rings (SSSR count). The van der Waals surface area contributed by atoms with Crippen LogP contribution in [0.2, 0.25) is 0 Å². The maximum Gasteiger partial charge on any atom is 0.0487 e. The van der Waals surface area contributed by atoms with Gasteiger partial charge in [-0.25, -0.2) is 0 Å². The van der Waals surface area contributed by atoms with Crippen LogP contribution in [0.5, 0.6) is 0 Å². The van der Waals surface area contributed by atoms with Crippen LogP contribution in [0.25, 0.3) is 66.8 Å². The van der Waals surface area contributed by atoms with E-state index in [1.807, 2.05) is 0 Å². The molecule has 0 bridgehead atoms. The van der Waals surface area contributed by atoms with Gasteiger partial charge in [0.25, 0.3) is 0 Å². The molecule has 0 amide bonds. The van der Waals surface area contributed by atoms with Gasteiger partial charge in [0, 0.05) is 53.2 Å². The number of hydrogen-bond donors (Lipinski definition) is 0. The first-order valence-corrected chi connectivity index (χ1v) is 22.5. The van der Waals surface area contributed by atoms with Gasteiger partial charge in [0.1, 0.15) is 0 Å². The highest BCUT2D eigenvalue weighted by Gasteiger charge is 2.37. The Hall–Kier alpha value is -7.42. The summed E-state index contributed by atoms with van der Waals surface area (Å²) in [5.74, 6) is 0. The molecule has 0 spiro atoms. The van der Waals surface area contributed by atoms with Gasteiger partial charge < -0.3 is 9.80 Å². The lowest BCUT2D eigenvalue weighted by Crippen LogP contribution is -2.16. The SMILES string of the molecule is CN(c1ccc(-c2ccccc2)cc1)c1ccc(-c2ccc3c(c2)C(C)(C)c2cc(-c4cccc(-c5ccccc5N(C)c5ccc6c(c5)C(C)(C)c5ccccc5-6)c4)ccc2-3)cc1. The molecule has 2 nitrogen and oxygen atoms in total. The number of fused-ring (bicyclic) bond motifs is 6. The molecule has 0 fully saturated rings. The molecule has 0 radical (unpaired) electrons. The maximum absolute atomic E-state index is 2.44. The van der Waals surface area contributed by atoms with Crippen LogP contribution in [0.4, 0.5) is 22.7 Å². The Morgan fingerprint density at radius 3 is 1.33 bits per heavy atom. The van der Waals surface area contributed by atoms with Crippen molar-refractivity contribution in [2.24, 2.45) is 0 Å². The average Bonchev–Trinajstić information content (AvgIpc) is 3.72. The number of para-hydroxylation sites is 1. The zero-order valence-electron chi connectivity index (χ0n) is 37.5. The van der Waals surface area contributed by atoms with E-state index in [4.69, 9.17) is 0 Å². The number of rotatable bonds is 8. The van der Waals surface area contributed by atoms with Crippen molar-refractivity contribution in [1.29, 1.82) is 0 Å². The molecule has 2 aliphatic carbocycles. The average molecular weight is 825 g/mol. The molecule has 310 valence electrons. The van der Waals surface area contributed by atoms with E-state index in [1.165, 1.54) is 100 Å². The van der Waals surface area contributed by atoms with Gasteiger partial charge in [-0.3, -0.25) is 0 Å². The zero-order valence-corrected chi connectivity index (χ0v) is 37.5. The molecule has 0 aliphatic heterocycles. The Labute approximate surface area is 378 Å². The quantitative estimate of drug-likeness (QED) is 0.151. The Bertz CT molecular complexity index is 3230. The molecular weight excluding hydrogens is 773 g/mol. The van der Waals surface area contributed by atoms with Gasteiger partial charge in [0.05, 0.1) is 0 Å². The smallest absolute Gasteiger partial charge is 0.0487 e. The van der Waals surface area contributed by atoms with Crippen molar-refractivity contribution in [2.75, 3.05) is 23.9 Å². The van der Waals surface area contributed by atoms with Crippen molar-refractivity contribution in [3.8, 4) is 66.8 Å². The van der Waals surface area contributed by atoms with Crippen molar-refractivity contribution in [2.45, 2.75) is 38.5 Å².